The zero-order chi connectivity index (χ0) is 17.6. The van der Waals surface area contributed by atoms with E-state index in [4.69, 9.17) is 13.8 Å². The van der Waals surface area contributed by atoms with Crippen LogP contribution in [0.3, 0.4) is 0 Å². The number of ether oxygens (including phenoxy) is 1. The number of hydrogen-bond acceptors (Lipinski definition) is 6. The van der Waals surface area contributed by atoms with Crippen molar-refractivity contribution in [3.8, 4) is 11.8 Å². The zero-order valence-electron chi connectivity index (χ0n) is 14.4. The Morgan fingerprint density at radius 3 is 2.29 bits per heavy atom. The Labute approximate surface area is 143 Å². The number of rotatable bonds is 9. The fourth-order valence-corrected chi connectivity index (χ4v) is 5.15. The van der Waals surface area contributed by atoms with Crippen LogP contribution < -0.4 is 10.1 Å². The van der Waals surface area contributed by atoms with Gasteiger partial charge < -0.3 is 13.8 Å². The van der Waals surface area contributed by atoms with Crippen LogP contribution in [0, 0.1) is 11.3 Å². The van der Waals surface area contributed by atoms with E-state index < -0.39 is 13.1 Å². The first-order valence-electron chi connectivity index (χ1n) is 8.19. The molecule has 1 N–H and O–H groups in total. The van der Waals surface area contributed by atoms with Crippen molar-refractivity contribution in [2.24, 2.45) is 0 Å². The zero-order valence-corrected chi connectivity index (χ0v) is 15.3. The summed E-state index contributed by atoms with van der Waals surface area (Å²) in [5.41, 5.74) is 0.168. The number of nitriles is 1. The van der Waals surface area contributed by atoms with E-state index in [1.807, 2.05) is 24.3 Å². The molecule has 0 heterocycles. The molecule has 0 spiro atoms. The first kappa shape index (κ1) is 19.0. The average Bonchev–Trinajstić information content (AvgIpc) is 2.55. The highest BCUT2D eigenvalue weighted by atomic mass is 31.2. The molecule has 0 saturated heterocycles. The van der Waals surface area contributed by atoms with Gasteiger partial charge in [0.05, 0.1) is 32.1 Å². The molecule has 132 valence electrons. The minimum absolute atomic E-state index is 0.222. The lowest BCUT2D eigenvalue weighted by molar-refractivity contribution is 0.170. The summed E-state index contributed by atoms with van der Waals surface area (Å²) in [6.07, 6.45) is 0.938. The molecule has 0 aromatic heterocycles. The summed E-state index contributed by atoms with van der Waals surface area (Å²) in [5.74, 6) is 0.798. The average molecular weight is 352 g/mol. The Morgan fingerprint density at radius 2 is 1.83 bits per heavy atom. The molecule has 1 saturated carbocycles. The van der Waals surface area contributed by atoms with Gasteiger partial charge in [0.25, 0.3) is 0 Å². The third-order valence-corrected chi connectivity index (χ3v) is 6.73. The number of nitrogens with zero attached hydrogens (tertiary/aromatic N) is 1. The lowest BCUT2D eigenvalue weighted by atomic mass is 9.77. The fourth-order valence-electron chi connectivity index (χ4n) is 2.87. The van der Waals surface area contributed by atoms with Crippen molar-refractivity contribution in [3.05, 3.63) is 29.8 Å². The lowest BCUT2D eigenvalue weighted by Gasteiger charge is -2.45. The molecule has 1 aliphatic rings. The lowest BCUT2D eigenvalue weighted by Crippen LogP contribution is -2.56. The molecule has 0 unspecified atom stereocenters. The van der Waals surface area contributed by atoms with E-state index in [1.165, 1.54) is 0 Å². The molecule has 2 rings (SSSR count). The summed E-state index contributed by atoms with van der Waals surface area (Å²) in [7, 11) is -1.50. The van der Waals surface area contributed by atoms with Crippen molar-refractivity contribution in [2.75, 3.05) is 20.3 Å². The molecule has 0 radical (unpaired) electrons. The summed E-state index contributed by atoms with van der Waals surface area (Å²) in [4.78, 5) is 0. The summed E-state index contributed by atoms with van der Waals surface area (Å²) in [6.45, 7) is 4.84. The fraction of sp³-hybridized carbons (Fsp3) is 0.588. The van der Waals surface area contributed by atoms with Gasteiger partial charge in [0.15, 0.2) is 0 Å². The molecule has 0 atom stereocenters. The smallest absolute Gasteiger partial charge is 0.333 e. The monoisotopic (exact) mass is 352 g/mol. The molecule has 1 aromatic carbocycles. The van der Waals surface area contributed by atoms with Gasteiger partial charge in [-0.1, -0.05) is 12.1 Å². The molecule has 1 aliphatic carbocycles. The Balaban J connectivity index is 1.95. The number of benzene rings is 1. The van der Waals surface area contributed by atoms with E-state index in [-0.39, 0.29) is 5.66 Å². The number of methoxy groups -OCH3 is 1. The summed E-state index contributed by atoms with van der Waals surface area (Å²) in [5, 5.41) is 12.8. The second-order valence-corrected chi connectivity index (χ2v) is 8.16. The van der Waals surface area contributed by atoms with Gasteiger partial charge in [-0.15, -0.1) is 0 Å². The van der Waals surface area contributed by atoms with E-state index in [2.05, 4.69) is 11.4 Å². The Morgan fingerprint density at radius 1 is 1.25 bits per heavy atom. The molecule has 1 fully saturated rings. The molecule has 1 aromatic rings. The number of hydrogen-bond donors (Lipinski definition) is 1. The van der Waals surface area contributed by atoms with Crippen molar-refractivity contribution in [2.45, 2.75) is 44.4 Å². The first-order valence-corrected chi connectivity index (χ1v) is 9.80. The van der Waals surface area contributed by atoms with Gasteiger partial charge >= 0.3 is 7.60 Å². The van der Waals surface area contributed by atoms with Crippen LogP contribution >= 0.6 is 7.60 Å². The van der Waals surface area contributed by atoms with Crippen molar-refractivity contribution in [1.82, 2.24) is 5.32 Å². The SMILES string of the molecule is CCOP(=O)(OCC)C1CC(C#N)(NCc2ccc(OC)cc2)C1. The largest absolute Gasteiger partial charge is 0.497 e. The van der Waals surface area contributed by atoms with Crippen LogP contribution in [0.25, 0.3) is 0 Å². The molecule has 0 aliphatic heterocycles. The van der Waals surface area contributed by atoms with E-state index in [0.29, 0.717) is 32.6 Å². The maximum atomic E-state index is 12.7. The van der Waals surface area contributed by atoms with Crippen LogP contribution in [0.15, 0.2) is 24.3 Å². The summed E-state index contributed by atoms with van der Waals surface area (Å²) >= 11 is 0. The third-order valence-electron chi connectivity index (χ3n) is 4.24. The van der Waals surface area contributed by atoms with Crippen molar-refractivity contribution < 1.29 is 18.3 Å². The van der Waals surface area contributed by atoms with Gasteiger partial charge in [0.2, 0.25) is 0 Å². The predicted molar refractivity (Wildman–Crippen MR) is 92.1 cm³/mol. The molecule has 0 amide bonds. The minimum atomic E-state index is -3.13. The molecular weight excluding hydrogens is 327 g/mol. The molecule has 6 nitrogen and oxygen atoms in total. The van der Waals surface area contributed by atoms with Crippen molar-refractivity contribution >= 4 is 7.60 Å². The van der Waals surface area contributed by atoms with E-state index in [9.17, 15) is 9.83 Å². The van der Waals surface area contributed by atoms with E-state index in [1.54, 1.807) is 21.0 Å². The van der Waals surface area contributed by atoms with Gasteiger partial charge in [-0.05, 0) is 44.4 Å². The second kappa shape index (κ2) is 8.13. The topological polar surface area (TPSA) is 80.6 Å². The van der Waals surface area contributed by atoms with Crippen LogP contribution in [0.2, 0.25) is 0 Å². The quantitative estimate of drug-likeness (QED) is 0.686. The molecule has 0 bridgehead atoms. The van der Waals surface area contributed by atoms with E-state index in [0.717, 1.165) is 11.3 Å². The third kappa shape index (κ3) is 4.17. The van der Waals surface area contributed by atoms with Gasteiger partial charge in [-0.3, -0.25) is 9.88 Å². The Bertz CT molecular complexity index is 610. The van der Waals surface area contributed by atoms with Crippen LogP contribution in [-0.4, -0.2) is 31.5 Å². The summed E-state index contributed by atoms with van der Waals surface area (Å²) < 4.78 is 28.6. The minimum Gasteiger partial charge on any atom is -0.497 e. The van der Waals surface area contributed by atoms with Gasteiger partial charge in [0.1, 0.15) is 11.3 Å². The van der Waals surface area contributed by atoms with Gasteiger partial charge in [0, 0.05) is 6.54 Å². The second-order valence-electron chi connectivity index (χ2n) is 5.83. The first-order chi connectivity index (χ1) is 11.5. The molecule has 24 heavy (non-hydrogen) atoms. The van der Waals surface area contributed by atoms with Crippen LogP contribution in [0.4, 0.5) is 0 Å². The van der Waals surface area contributed by atoms with Crippen LogP contribution in [-0.2, 0) is 20.2 Å². The highest BCUT2D eigenvalue weighted by Gasteiger charge is 2.53. The highest BCUT2D eigenvalue weighted by Crippen LogP contribution is 2.62. The maximum Gasteiger partial charge on any atom is 0.333 e. The van der Waals surface area contributed by atoms with Gasteiger partial charge in [-0.25, -0.2) is 0 Å². The number of nitrogens with one attached hydrogen (secondary N) is 1. The normalized spacial score (nSPS) is 23.3. The van der Waals surface area contributed by atoms with E-state index >= 15 is 0 Å². The van der Waals surface area contributed by atoms with Crippen LogP contribution in [0.5, 0.6) is 5.75 Å². The molecule has 7 heteroatoms. The van der Waals surface area contributed by atoms with Crippen molar-refractivity contribution in [1.29, 1.82) is 5.26 Å². The predicted octanol–water partition coefficient (Wildman–Crippen LogP) is 3.48. The molecular formula is C17H25N2O4P. The Hall–Kier alpha value is -1.38. The summed E-state index contributed by atoms with van der Waals surface area (Å²) in [6, 6.07) is 10.0. The van der Waals surface area contributed by atoms with Gasteiger partial charge in [-0.2, -0.15) is 5.26 Å². The van der Waals surface area contributed by atoms with Crippen LogP contribution in [0.1, 0.15) is 32.3 Å². The highest BCUT2D eigenvalue weighted by molar-refractivity contribution is 7.54. The standard InChI is InChI=1S/C17H25N2O4P/c1-4-22-24(20,23-5-2)16-10-17(11-16,13-18)19-12-14-6-8-15(21-3)9-7-14/h6-9,16,19H,4-5,10-12H2,1-3H3. The van der Waals surface area contributed by atoms with Crippen molar-refractivity contribution in [3.63, 3.8) is 0 Å². The Kier molecular flexibility index (Phi) is 6.42. The maximum absolute atomic E-state index is 12.7.